The van der Waals surface area contributed by atoms with Crippen molar-refractivity contribution in [1.29, 1.82) is 0 Å². The summed E-state index contributed by atoms with van der Waals surface area (Å²) in [7, 11) is 0. The number of nitrogens with one attached hydrogen (secondary N) is 1. The minimum absolute atomic E-state index is 0.0531. The van der Waals surface area contributed by atoms with Gasteiger partial charge in [-0.15, -0.1) is 0 Å². The van der Waals surface area contributed by atoms with Gasteiger partial charge in [0.15, 0.2) is 0 Å². The van der Waals surface area contributed by atoms with E-state index >= 15 is 0 Å². The van der Waals surface area contributed by atoms with Gasteiger partial charge in [-0.05, 0) is 61.1 Å². The highest BCUT2D eigenvalue weighted by Gasteiger charge is 2.46. The number of carboxylic acids is 1. The molecule has 1 saturated heterocycles. The summed E-state index contributed by atoms with van der Waals surface area (Å²) >= 11 is 0. The summed E-state index contributed by atoms with van der Waals surface area (Å²) in [5.41, 5.74) is 1.63. The Labute approximate surface area is 163 Å². The van der Waals surface area contributed by atoms with Gasteiger partial charge in [0.25, 0.3) is 11.8 Å². The first-order chi connectivity index (χ1) is 13.5. The molecule has 0 spiro atoms. The topological polar surface area (TPSA) is 86.7 Å². The highest BCUT2D eigenvalue weighted by atomic mass is 16.4. The zero-order valence-corrected chi connectivity index (χ0v) is 15.4. The van der Waals surface area contributed by atoms with Crippen LogP contribution >= 0.6 is 0 Å². The molecule has 1 aliphatic carbocycles. The molecule has 2 fully saturated rings. The largest absolute Gasteiger partial charge is 0.481 e. The van der Waals surface area contributed by atoms with Crippen LogP contribution in [0.2, 0.25) is 0 Å². The van der Waals surface area contributed by atoms with Crippen molar-refractivity contribution in [3.05, 3.63) is 65.7 Å². The molecule has 2 aromatic rings. The molecule has 6 heteroatoms. The predicted molar refractivity (Wildman–Crippen MR) is 104 cm³/mol. The maximum Gasteiger partial charge on any atom is 0.308 e. The molecule has 0 radical (unpaired) electrons. The fraction of sp³-hybridized carbons (Fsp3) is 0.318. The highest BCUT2D eigenvalue weighted by molar-refractivity contribution is 6.05. The van der Waals surface area contributed by atoms with Gasteiger partial charge in [-0.25, -0.2) is 0 Å². The fourth-order valence-electron chi connectivity index (χ4n) is 3.93. The van der Waals surface area contributed by atoms with E-state index in [0.717, 1.165) is 12.8 Å². The van der Waals surface area contributed by atoms with E-state index in [0.29, 0.717) is 29.3 Å². The molecular formula is C22H22N2O4. The average Bonchev–Trinajstić information content (AvgIpc) is 3.46. The lowest BCUT2D eigenvalue weighted by Gasteiger charge is -2.16. The lowest BCUT2D eigenvalue weighted by atomic mass is 9.92. The van der Waals surface area contributed by atoms with Crippen molar-refractivity contribution in [3.63, 3.8) is 0 Å². The van der Waals surface area contributed by atoms with Crippen molar-refractivity contribution in [3.8, 4) is 0 Å². The second-order valence-electron chi connectivity index (χ2n) is 7.55. The van der Waals surface area contributed by atoms with E-state index in [9.17, 15) is 19.5 Å². The number of nitrogens with zero attached hydrogens (tertiary/aromatic N) is 1. The first-order valence-electron chi connectivity index (χ1n) is 9.51. The Morgan fingerprint density at radius 2 is 1.54 bits per heavy atom. The predicted octanol–water partition coefficient (Wildman–Crippen LogP) is 3.12. The third kappa shape index (κ3) is 3.76. The van der Waals surface area contributed by atoms with Crippen molar-refractivity contribution in [1.82, 2.24) is 4.90 Å². The van der Waals surface area contributed by atoms with Crippen molar-refractivity contribution >= 4 is 23.5 Å². The van der Waals surface area contributed by atoms with Gasteiger partial charge < -0.3 is 15.3 Å². The number of benzene rings is 2. The van der Waals surface area contributed by atoms with Crippen LogP contribution in [0, 0.1) is 17.8 Å². The van der Waals surface area contributed by atoms with Gasteiger partial charge in [0.05, 0.1) is 5.92 Å². The lowest BCUT2D eigenvalue weighted by molar-refractivity contribution is -0.142. The van der Waals surface area contributed by atoms with E-state index < -0.39 is 11.9 Å². The molecule has 1 saturated carbocycles. The van der Waals surface area contributed by atoms with Crippen LogP contribution in [0.3, 0.4) is 0 Å². The minimum Gasteiger partial charge on any atom is -0.481 e. The Balaban J connectivity index is 1.43. The van der Waals surface area contributed by atoms with Crippen molar-refractivity contribution < 1.29 is 19.5 Å². The van der Waals surface area contributed by atoms with E-state index in [4.69, 9.17) is 0 Å². The van der Waals surface area contributed by atoms with Crippen molar-refractivity contribution in [2.75, 3.05) is 18.4 Å². The minimum atomic E-state index is -0.819. The number of para-hydroxylation sites is 1. The first-order valence-corrected chi connectivity index (χ1v) is 9.51. The summed E-state index contributed by atoms with van der Waals surface area (Å²) < 4.78 is 0. The number of carboxylic acid groups (broad SMARTS) is 1. The zero-order chi connectivity index (χ0) is 19.7. The molecule has 2 aliphatic rings. The molecule has 28 heavy (non-hydrogen) atoms. The number of carbonyl (C=O) groups is 3. The third-order valence-corrected chi connectivity index (χ3v) is 5.62. The maximum atomic E-state index is 12.8. The van der Waals surface area contributed by atoms with Crippen LogP contribution in [0.15, 0.2) is 54.6 Å². The summed E-state index contributed by atoms with van der Waals surface area (Å²) in [6, 6.07) is 15.7. The van der Waals surface area contributed by atoms with Crippen molar-refractivity contribution in [2.24, 2.45) is 17.8 Å². The average molecular weight is 378 g/mol. The summed E-state index contributed by atoms with van der Waals surface area (Å²) in [6.45, 7) is 0.752. The number of aliphatic carboxylic acids is 1. The quantitative estimate of drug-likeness (QED) is 0.837. The summed E-state index contributed by atoms with van der Waals surface area (Å²) in [4.78, 5) is 38.3. The first kappa shape index (κ1) is 18.2. The maximum absolute atomic E-state index is 12.8. The molecule has 6 nitrogen and oxygen atoms in total. The van der Waals surface area contributed by atoms with Crippen LogP contribution in [0.5, 0.6) is 0 Å². The molecule has 1 aliphatic heterocycles. The number of anilines is 1. The number of hydrogen-bond acceptors (Lipinski definition) is 3. The SMILES string of the molecule is O=C(Nc1ccccc1)c1ccc(C(=O)N2C[C@H](C(=O)O)[C@@H](C3CC3)C2)cc1. The monoisotopic (exact) mass is 378 g/mol. The Hall–Kier alpha value is -3.15. The molecule has 0 aromatic heterocycles. The van der Waals surface area contributed by atoms with Crippen LogP contribution in [0.1, 0.15) is 33.6 Å². The Morgan fingerprint density at radius 3 is 2.14 bits per heavy atom. The van der Waals surface area contributed by atoms with E-state index in [1.165, 1.54) is 0 Å². The summed E-state index contributed by atoms with van der Waals surface area (Å²) in [5, 5.41) is 12.3. The van der Waals surface area contributed by atoms with E-state index in [1.807, 2.05) is 18.2 Å². The third-order valence-electron chi connectivity index (χ3n) is 5.62. The van der Waals surface area contributed by atoms with E-state index in [-0.39, 0.29) is 24.3 Å². The number of likely N-dealkylation sites (tertiary alicyclic amines) is 1. The standard InChI is InChI=1S/C22H22N2O4/c25-20(23-17-4-2-1-3-5-17)15-8-10-16(11-9-15)21(26)24-12-18(14-6-7-14)19(13-24)22(27)28/h1-5,8-11,14,18-19H,6-7,12-13H2,(H,23,25)(H,27,28)/t18-,19+/m1/s1. The molecule has 2 aromatic carbocycles. The van der Waals surface area contributed by atoms with Crippen LogP contribution in [0.25, 0.3) is 0 Å². The normalized spacial score (nSPS) is 21.4. The van der Waals surface area contributed by atoms with Gasteiger partial charge in [0.2, 0.25) is 0 Å². The molecular weight excluding hydrogens is 356 g/mol. The number of rotatable bonds is 5. The van der Waals surface area contributed by atoms with Gasteiger partial charge in [-0.3, -0.25) is 14.4 Å². The smallest absolute Gasteiger partial charge is 0.308 e. The Morgan fingerprint density at radius 1 is 0.893 bits per heavy atom. The fourth-order valence-corrected chi connectivity index (χ4v) is 3.93. The molecule has 0 bridgehead atoms. The molecule has 2 atom stereocenters. The molecule has 2 N–H and O–H groups in total. The Bertz CT molecular complexity index is 891. The van der Waals surface area contributed by atoms with Crippen LogP contribution in [-0.4, -0.2) is 40.9 Å². The second-order valence-corrected chi connectivity index (χ2v) is 7.55. The van der Waals surface area contributed by atoms with E-state index in [2.05, 4.69) is 5.32 Å². The Kier molecular flexibility index (Phi) is 4.86. The summed E-state index contributed by atoms with van der Waals surface area (Å²) in [5.74, 6) is -1.23. The van der Waals surface area contributed by atoms with Gasteiger partial charge in [-0.1, -0.05) is 18.2 Å². The van der Waals surface area contributed by atoms with Crippen molar-refractivity contribution in [2.45, 2.75) is 12.8 Å². The van der Waals surface area contributed by atoms with E-state index in [1.54, 1.807) is 41.3 Å². The van der Waals surface area contributed by atoms with Crippen LogP contribution in [0.4, 0.5) is 5.69 Å². The van der Waals surface area contributed by atoms with Gasteiger partial charge in [-0.2, -0.15) is 0 Å². The molecule has 4 rings (SSSR count). The van der Waals surface area contributed by atoms with Crippen LogP contribution in [-0.2, 0) is 4.79 Å². The molecule has 144 valence electrons. The molecule has 2 amide bonds. The highest BCUT2D eigenvalue weighted by Crippen LogP contribution is 2.44. The molecule has 1 heterocycles. The van der Waals surface area contributed by atoms with Gasteiger partial charge in [0.1, 0.15) is 0 Å². The number of carbonyl (C=O) groups excluding carboxylic acids is 2. The number of amides is 2. The van der Waals surface area contributed by atoms with Crippen LogP contribution < -0.4 is 5.32 Å². The lowest BCUT2D eigenvalue weighted by Crippen LogP contribution is -2.30. The number of hydrogen-bond donors (Lipinski definition) is 2. The second kappa shape index (κ2) is 7.46. The van der Waals surface area contributed by atoms with Gasteiger partial charge in [0, 0.05) is 29.9 Å². The summed E-state index contributed by atoms with van der Waals surface area (Å²) in [6.07, 6.45) is 2.11. The van der Waals surface area contributed by atoms with Gasteiger partial charge >= 0.3 is 5.97 Å². The zero-order valence-electron chi connectivity index (χ0n) is 15.4. The molecule has 0 unspecified atom stereocenters.